The van der Waals surface area contributed by atoms with E-state index < -0.39 is 0 Å². The second-order valence-electron chi connectivity index (χ2n) is 6.53. The first-order chi connectivity index (χ1) is 11.0. The minimum absolute atomic E-state index is 0.215. The largest absolute Gasteiger partial charge is 0.340 e. The van der Waals surface area contributed by atoms with Crippen LogP contribution in [0, 0.1) is 0 Å². The monoisotopic (exact) mass is 335 g/mol. The number of carbonyl (C=O) groups excluding carboxylic acids is 1. The summed E-state index contributed by atoms with van der Waals surface area (Å²) in [6.07, 6.45) is 0.585. The average molecular weight is 336 g/mol. The Morgan fingerprint density at radius 3 is 2.43 bits per heavy atom. The van der Waals surface area contributed by atoms with Gasteiger partial charge in [0.15, 0.2) is 0 Å². The molecule has 0 saturated carbocycles. The zero-order valence-electron chi connectivity index (χ0n) is 14.5. The first kappa shape index (κ1) is 18.3. The number of likely N-dealkylation sites (N-methyl/N-ethyl adjacent to an activating group) is 1. The van der Waals surface area contributed by atoms with Gasteiger partial charge in [0.2, 0.25) is 5.91 Å². The van der Waals surface area contributed by atoms with Gasteiger partial charge in [0.25, 0.3) is 0 Å². The fraction of sp³-hybridized carbons (Fsp3) is 0.611. The van der Waals surface area contributed by atoms with Crippen LogP contribution in [0.25, 0.3) is 0 Å². The van der Waals surface area contributed by atoms with E-state index in [1.807, 2.05) is 22.7 Å². The standard InChI is InChI=1S/C18H29N3OS/c1-15(2)19-16(14-23-17-7-5-4-6-8-17)13-18(22)21-11-9-20(3)10-12-21/h4-8,15-16,19H,9-14H2,1-3H3. The van der Waals surface area contributed by atoms with E-state index in [-0.39, 0.29) is 11.9 Å². The van der Waals surface area contributed by atoms with Crippen molar-refractivity contribution in [2.45, 2.75) is 37.2 Å². The van der Waals surface area contributed by atoms with Crippen molar-refractivity contribution in [2.75, 3.05) is 39.0 Å². The van der Waals surface area contributed by atoms with E-state index in [0.717, 1.165) is 31.9 Å². The first-order valence-electron chi connectivity index (χ1n) is 8.45. The van der Waals surface area contributed by atoms with Gasteiger partial charge in [-0.25, -0.2) is 0 Å². The summed E-state index contributed by atoms with van der Waals surface area (Å²) in [7, 11) is 2.11. The lowest BCUT2D eigenvalue weighted by Gasteiger charge is -2.33. The smallest absolute Gasteiger partial charge is 0.224 e. The molecule has 1 saturated heterocycles. The summed E-state index contributed by atoms with van der Waals surface area (Å²) in [5.74, 6) is 1.20. The molecule has 1 aliphatic heterocycles. The molecule has 0 aliphatic carbocycles. The minimum Gasteiger partial charge on any atom is -0.340 e. The van der Waals surface area contributed by atoms with Crippen molar-refractivity contribution in [1.29, 1.82) is 0 Å². The normalized spacial score (nSPS) is 17.5. The van der Waals surface area contributed by atoms with Gasteiger partial charge in [0.05, 0.1) is 0 Å². The lowest BCUT2D eigenvalue weighted by Crippen LogP contribution is -2.49. The summed E-state index contributed by atoms with van der Waals surface area (Å²) in [6, 6.07) is 11.0. The van der Waals surface area contributed by atoms with Crippen LogP contribution in [0.1, 0.15) is 20.3 Å². The van der Waals surface area contributed by atoms with Gasteiger partial charge in [-0.3, -0.25) is 4.79 Å². The molecule has 1 N–H and O–H groups in total. The number of benzene rings is 1. The lowest BCUT2D eigenvalue weighted by molar-refractivity contribution is -0.133. The Labute approximate surface area is 144 Å². The Bertz CT molecular complexity index is 472. The quantitative estimate of drug-likeness (QED) is 0.776. The molecule has 23 heavy (non-hydrogen) atoms. The molecule has 0 spiro atoms. The number of nitrogens with one attached hydrogen (secondary N) is 1. The van der Waals surface area contributed by atoms with Crippen LogP contribution in [0.5, 0.6) is 0 Å². The third kappa shape index (κ3) is 6.53. The maximum absolute atomic E-state index is 12.6. The third-order valence-electron chi connectivity index (χ3n) is 4.04. The number of amides is 1. The van der Waals surface area contributed by atoms with E-state index in [1.54, 1.807) is 0 Å². The molecular weight excluding hydrogens is 306 g/mol. The van der Waals surface area contributed by atoms with Crippen molar-refractivity contribution in [3.05, 3.63) is 30.3 Å². The molecule has 4 nitrogen and oxygen atoms in total. The van der Waals surface area contributed by atoms with Gasteiger partial charge < -0.3 is 15.1 Å². The predicted molar refractivity (Wildman–Crippen MR) is 97.9 cm³/mol. The zero-order chi connectivity index (χ0) is 16.7. The molecule has 1 amide bonds. The van der Waals surface area contributed by atoms with Crippen LogP contribution < -0.4 is 5.32 Å². The van der Waals surface area contributed by atoms with Crippen molar-refractivity contribution in [3.8, 4) is 0 Å². The number of piperazine rings is 1. The second kappa shape index (κ2) is 9.30. The summed E-state index contributed by atoms with van der Waals surface area (Å²) in [6.45, 7) is 7.95. The van der Waals surface area contributed by atoms with Crippen LogP contribution in [0.4, 0.5) is 0 Å². The maximum Gasteiger partial charge on any atom is 0.224 e. The van der Waals surface area contributed by atoms with E-state index >= 15 is 0 Å². The van der Waals surface area contributed by atoms with Crippen LogP contribution >= 0.6 is 11.8 Å². The van der Waals surface area contributed by atoms with E-state index in [1.165, 1.54) is 4.90 Å². The van der Waals surface area contributed by atoms with Gasteiger partial charge in [0.1, 0.15) is 0 Å². The molecule has 128 valence electrons. The van der Waals surface area contributed by atoms with Crippen LogP contribution in [-0.4, -0.2) is 66.8 Å². The maximum atomic E-state index is 12.6. The Hall–Kier alpha value is -1.04. The summed E-state index contributed by atoms with van der Waals surface area (Å²) in [4.78, 5) is 18.1. The molecule has 2 rings (SSSR count). The Balaban J connectivity index is 1.86. The van der Waals surface area contributed by atoms with Crippen molar-refractivity contribution in [3.63, 3.8) is 0 Å². The fourth-order valence-electron chi connectivity index (χ4n) is 2.75. The minimum atomic E-state index is 0.215. The number of hydrogen-bond donors (Lipinski definition) is 1. The van der Waals surface area contributed by atoms with Gasteiger partial charge >= 0.3 is 0 Å². The van der Waals surface area contributed by atoms with Crippen molar-refractivity contribution in [1.82, 2.24) is 15.1 Å². The number of nitrogens with zero attached hydrogens (tertiary/aromatic N) is 2. The van der Waals surface area contributed by atoms with Crippen molar-refractivity contribution >= 4 is 17.7 Å². The molecule has 1 aromatic rings. The zero-order valence-corrected chi connectivity index (χ0v) is 15.3. The molecule has 1 unspecified atom stereocenters. The van der Waals surface area contributed by atoms with Gasteiger partial charge in [-0.2, -0.15) is 0 Å². The van der Waals surface area contributed by atoms with Gasteiger partial charge in [-0.15, -0.1) is 11.8 Å². The van der Waals surface area contributed by atoms with Gasteiger partial charge in [-0.1, -0.05) is 32.0 Å². The first-order valence-corrected chi connectivity index (χ1v) is 9.43. The molecular formula is C18H29N3OS. The molecule has 5 heteroatoms. The van der Waals surface area contributed by atoms with Crippen LogP contribution in [0.15, 0.2) is 35.2 Å². The second-order valence-corrected chi connectivity index (χ2v) is 7.62. The van der Waals surface area contributed by atoms with Gasteiger partial charge in [-0.05, 0) is 19.2 Å². The average Bonchev–Trinajstić information content (AvgIpc) is 2.53. The number of carbonyl (C=O) groups is 1. The third-order valence-corrected chi connectivity index (χ3v) is 5.21. The van der Waals surface area contributed by atoms with Crippen LogP contribution in [0.3, 0.4) is 0 Å². The SMILES string of the molecule is CC(C)NC(CSc1ccccc1)CC(=O)N1CCN(C)CC1. The van der Waals surface area contributed by atoms with E-state index in [4.69, 9.17) is 0 Å². The predicted octanol–water partition coefficient (Wildman–Crippen LogP) is 2.31. The Morgan fingerprint density at radius 2 is 1.83 bits per heavy atom. The van der Waals surface area contributed by atoms with Crippen molar-refractivity contribution in [2.24, 2.45) is 0 Å². The highest BCUT2D eigenvalue weighted by Gasteiger charge is 2.22. The van der Waals surface area contributed by atoms with E-state index in [9.17, 15) is 4.79 Å². The summed E-state index contributed by atoms with van der Waals surface area (Å²) in [5, 5.41) is 3.55. The lowest BCUT2D eigenvalue weighted by atomic mass is 10.1. The highest BCUT2D eigenvalue weighted by molar-refractivity contribution is 7.99. The summed E-state index contributed by atoms with van der Waals surface area (Å²) >= 11 is 1.82. The highest BCUT2D eigenvalue weighted by atomic mass is 32.2. The molecule has 1 atom stereocenters. The Morgan fingerprint density at radius 1 is 1.17 bits per heavy atom. The number of hydrogen-bond acceptors (Lipinski definition) is 4. The molecule has 1 aliphatic rings. The van der Waals surface area contributed by atoms with E-state index in [2.05, 4.69) is 55.4 Å². The highest BCUT2D eigenvalue weighted by Crippen LogP contribution is 2.19. The number of thioether (sulfide) groups is 1. The molecule has 1 aromatic carbocycles. The molecule has 1 fully saturated rings. The summed E-state index contributed by atoms with van der Waals surface area (Å²) in [5.41, 5.74) is 0. The fourth-order valence-corrected chi connectivity index (χ4v) is 3.70. The molecule has 1 heterocycles. The molecule has 0 bridgehead atoms. The molecule has 0 aromatic heterocycles. The topological polar surface area (TPSA) is 35.6 Å². The summed E-state index contributed by atoms with van der Waals surface area (Å²) < 4.78 is 0. The van der Waals surface area contributed by atoms with Crippen LogP contribution in [0.2, 0.25) is 0 Å². The van der Waals surface area contributed by atoms with Crippen LogP contribution in [-0.2, 0) is 4.79 Å². The molecule has 0 radical (unpaired) electrons. The van der Waals surface area contributed by atoms with E-state index in [0.29, 0.717) is 12.5 Å². The number of rotatable bonds is 7. The Kier molecular flexibility index (Phi) is 7.40. The van der Waals surface area contributed by atoms with Gasteiger partial charge in [0, 0.05) is 55.3 Å². The van der Waals surface area contributed by atoms with Crippen molar-refractivity contribution < 1.29 is 4.79 Å².